The molecule has 1 aliphatic heterocycles. The van der Waals surface area contributed by atoms with Crippen molar-refractivity contribution in [3.63, 3.8) is 0 Å². The average molecular weight is 232 g/mol. The molecule has 1 aromatic rings. The van der Waals surface area contributed by atoms with Crippen LogP contribution in [0.4, 0.5) is 0 Å². The highest BCUT2D eigenvalue weighted by molar-refractivity contribution is 5.14. The Kier molecular flexibility index (Phi) is 5.02. The molecular weight excluding hydrogens is 208 g/mol. The molecule has 2 N–H and O–H groups in total. The first-order chi connectivity index (χ1) is 8.40. The van der Waals surface area contributed by atoms with E-state index in [1.165, 1.54) is 44.2 Å². The van der Waals surface area contributed by atoms with Crippen molar-refractivity contribution in [1.29, 1.82) is 0 Å². The van der Waals surface area contributed by atoms with E-state index in [0.717, 1.165) is 19.1 Å². The maximum absolute atomic E-state index is 5.56. The first kappa shape index (κ1) is 12.6. The summed E-state index contributed by atoms with van der Waals surface area (Å²) in [6, 6.07) is 11.6. The molecule has 1 heterocycles. The molecule has 1 saturated heterocycles. The van der Waals surface area contributed by atoms with Crippen LogP contribution in [0, 0.1) is 0 Å². The Bertz CT molecular complexity index is 310. The number of hydrogen-bond acceptors (Lipinski definition) is 2. The maximum Gasteiger partial charge on any atom is 0.0236 e. The molecule has 0 unspecified atom stereocenters. The van der Waals surface area contributed by atoms with Crippen LogP contribution in [0.15, 0.2) is 30.3 Å². The number of unbranched alkanes of at least 4 members (excludes halogenated alkanes) is 1. The van der Waals surface area contributed by atoms with Crippen LogP contribution in [-0.2, 0) is 6.54 Å². The molecule has 0 amide bonds. The predicted octanol–water partition coefficient (Wildman–Crippen LogP) is 2.78. The van der Waals surface area contributed by atoms with Crippen LogP contribution in [0.25, 0.3) is 0 Å². The third-order valence-corrected chi connectivity index (χ3v) is 3.72. The lowest BCUT2D eigenvalue weighted by molar-refractivity contribution is 0.231. The number of likely N-dealkylation sites (tertiary alicyclic amines) is 1. The van der Waals surface area contributed by atoms with Gasteiger partial charge in [-0.05, 0) is 44.3 Å². The topological polar surface area (TPSA) is 29.3 Å². The van der Waals surface area contributed by atoms with Gasteiger partial charge in [-0.15, -0.1) is 0 Å². The minimum Gasteiger partial charge on any atom is -0.330 e. The number of nitrogens with two attached hydrogens (primary N) is 1. The van der Waals surface area contributed by atoms with Gasteiger partial charge in [0.15, 0.2) is 0 Å². The van der Waals surface area contributed by atoms with E-state index in [0.29, 0.717) is 0 Å². The highest BCUT2D eigenvalue weighted by Crippen LogP contribution is 2.23. The minimum atomic E-state index is 0.793. The van der Waals surface area contributed by atoms with Crippen molar-refractivity contribution in [2.24, 2.45) is 5.73 Å². The van der Waals surface area contributed by atoms with Crippen LogP contribution < -0.4 is 5.73 Å². The first-order valence-electron chi connectivity index (χ1n) is 6.88. The summed E-state index contributed by atoms with van der Waals surface area (Å²) in [6.45, 7) is 3.22. The molecule has 0 saturated carbocycles. The summed E-state index contributed by atoms with van der Waals surface area (Å²) < 4.78 is 0. The number of benzene rings is 1. The van der Waals surface area contributed by atoms with Crippen molar-refractivity contribution in [1.82, 2.24) is 4.90 Å². The molecule has 2 nitrogen and oxygen atoms in total. The number of nitrogens with zero attached hydrogens (tertiary/aromatic N) is 1. The molecule has 1 aliphatic rings. The van der Waals surface area contributed by atoms with E-state index in [1.54, 1.807) is 0 Å². The van der Waals surface area contributed by atoms with E-state index in [-0.39, 0.29) is 0 Å². The summed E-state index contributed by atoms with van der Waals surface area (Å²) in [4.78, 5) is 2.64. The van der Waals surface area contributed by atoms with Crippen LogP contribution in [0.3, 0.4) is 0 Å². The Labute approximate surface area is 105 Å². The summed E-state index contributed by atoms with van der Waals surface area (Å²) in [6.07, 6.45) is 6.52. The standard InChI is InChI=1S/C15H24N2/c16-11-5-4-9-15-10-6-12-17(15)13-14-7-2-1-3-8-14/h1-3,7-8,15H,4-6,9-13,16H2/t15-/m0/s1. The quantitative estimate of drug-likeness (QED) is 0.764. The highest BCUT2D eigenvalue weighted by atomic mass is 15.2. The minimum absolute atomic E-state index is 0.793. The fourth-order valence-electron chi connectivity index (χ4n) is 2.77. The van der Waals surface area contributed by atoms with E-state index in [4.69, 9.17) is 5.73 Å². The zero-order valence-electron chi connectivity index (χ0n) is 10.6. The van der Waals surface area contributed by atoms with Gasteiger partial charge in [0.25, 0.3) is 0 Å². The fourth-order valence-corrected chi connectivity index (χ4v) is 2.77. The third kappa shape index (κ3) is 3.83. The Hall–Kier alpha value is -0.860. The Balaban J connectivity index is 1.82. The molecule has 94 valence electrons. The van der Waals surface area contributed by atoms with Gasteiger partial charge in [0.05, 0.1) is 0 Å². The fraction of sp³-hybridized carbons (Fsp3) is 0.600. The SMILES string of the molecule is NCCCC[C@H]1CCCN1Cc1ccccc1. The Morgan fingerprint density at radius 3 is 2.76 bits per heavy atom. The second-order valence-corrected chi connectivity index (χ2v) is 5.04. The largest absolute Gasteiger partial charge is 0.330 e. The Morgan fingerprint density at radius 1 is 1.18 bits per heavy atom. The molecule has 2 rings (SSSR count). The van der Waals surface area contributed by atoms with Crippen LogP contribution in [0.5, 0.6) is 0 Å². The van der Waals surface area contributed by atoms with Crippen LogP contribution in [0.1, 0.15) is 37.7 Å². The summed E-state index contributed by atoms with van der Waals surface area (Å²) in [7, 11) is 0. The van der Waals surface area contributed by atoms with Gasteiger partial charge in [0.2, 0.25) is 0 Å². The molecular formula is C15H24N2. The lowest BCUT2D eigenvalue weighted by Gasteiger charge is -2.24. The van der Waals surface area contributed by atoms with Gasteiger partial charge in [0.1, 0.15) is 0 Å². The van der Waals surface area contributed by atoms with Crippen molar-refractivity contribution in [3.05, 3.63) is 35.9 Å². The van der Waals surface area contributed by atoms with Gasteiger partial charge in [-0.25, -0.2) is 0 Å². The monoisotopic (exact) mass is 232 g/mol. The van der Waals surface area contributed by atoms with E-state index in [9.17, 15) is 0 Å². The van der Waals surface area contributed by atoms with Gasteiger partial charge < -0.3 is 5.73 Å². The molecule has 0 aliphatic carbocycles. The molecule has 0 spiro atoms. The van der Waals surface area contributed by atoms with Gasteiger partial charge in [-0.3, -0.25) is 4.90 Å². The van der Waals surface area contributed by atoms with Crippen molar-refractivity contribution < 1.29 is 0 Å². The van der Waals surface area contributed by atoms with Crippen LogP contribution in [-0.4, -0.2) is 24.0 Å². The second kappa shape index (κ2) is 6.77. The number of rotatable bonds is 6. The predicted molar refractivity (Wildman–Crippen MR) is 72.8 cm³/mol. The lowest BCUT2D eigenvalue weighted by atomic mass is 10.1. The van der Waals surface area contributed by atoms with Gasteiger partial charge in [-0.2, -0.15) is 0 Å². The summed E-state index contributed by atoms with van der Waals surface area (Å²) in [5.74, 6) is 0. The molecule has 0 aromatic heterocycles. The van der Waals surface area contributed by atoms with Crippen molar-refractivity contribution >= 4 is 0 Å². The highest BCUT2D eigenvalue weighted by Gasteiger charge is 2.23. The van der Waals surface area contributed by atoms with E-state index >= 15 is 0 Å². The smallest absolute Gasteiger partial charge is 0.0236 e. The van der Waals surface area contributed by atoms with E-state index in [2.05, 4.69) is 35.2 Å². The molecule has 2 heteroatoms. The Morgan fingerprint density at radius 2 is 2.00 bits per heavy atom. The van der Waals surface area contributed by atoms with Gasteiger partial charge in [0, 0.05) is 12.6 Å². The zero-order chi connectivity index (χ0) is 11.9. The van der Waals surface area contributed by atoms with E-state index in [1.807, 2.05) is 0 Å². The van der Waals surface area contributed by atoms with Gasteiger partial charge in [-0.1, -0.05) is 36.8 Å². The zero-order valence-corrected chi connectivity index (χ0v) is 10.6. The lowest BCUT2D eigenvalue weighted by Crippen LogP contribution is -2.28. The van der Waals surface area contributed by atoms with Crippen molar-refractivity contribution in [2.45, 2.75) is 44.7 Å². The third-order valence-electron chi connectivity index (χ3n) is 3.72. The normalized spacial score (nSPS) is 20.9. The summed E-state index contributed by atoms with van der Waals surface area (Å²) in [5.41, 5.74) is 7.00. The molecule has 17 heavy (non-hydrogen) atoms. The van der Waals surface area contributed by atoms with E-state index < -0.39 is 0 Å². The first-order valence-corrected chi connectivity index (χ1v) is 6.88. The second-order valence-electron chi connectivity index (χ2n) is 5.04. The van der Waals surface area contributed by atoms with Crippen LogP contribution >= 0.6 is 0 Å². The molecule has 1 fully saturated rings. The summed E-state index contributed by atoms with van der Waals surface area (Å²) >= 11 is 0. The molecule has 1 atom stereocenters. The maximum atomic E-state index is 5.56. The van der Waals surface area contributed by atoms with Crippen molar-refractivity contribution in [3.8, 4) is 0 Å². The van der Waals surface area contributed by atoms with Crippen molar-refractivity contribution in [2.75, 3.05) is 13.1 Å². The summed E-state index contributed by atoms with van der Waals surface area (Å²) in [5, 5.41) is 0. The molecule has 0 bridgehead atoms. The number of hydrogen-bond donors (Lipinski definition) is 1. The average Bonchev–Trinajstić information content (AvgIpc) is 2.79. The van der Waals surface area contributed by atoms with Crippen LogP contribution in [0.2, 0.25) is 0 Å². The molecule has 0 radical (unpaired) electrons. The molecule has 1 aromatic carbocycles. The van der Waals surface area contributed by atoms with Gasteiger partial charge >= 0.3 is 0 Å².